The Morgan fingerprint density at radius 3 is 2.81 bits per heavy atom. The van der Waals surface area contributed by atoms with Crippen molar-refractivity contribution in [1.82, 2.24) is 5.32 Å². The number of nitrogens with one attached hydrogen (secondary N) is 1. The molecule has 1 aromatic carbocycles. The van der Waals surface area contributed by atoms with Crippen molar-refractivity contribution in [3.05, 3.63) is 35.4 Å². The fraction of sp³-hybridized carbons (Fsp3) is 0.308. The average Bonchev–Trinajstić information content (AvgIpc) is 2.30. The van der Waals surface area contributed by atoms with E-state index in [0.717, 1.165) is 12.0 Å². The van der Waals surface area contributed by atoms with Gasteiger partial charge in [-0.3, -0.25) is 5.32 Å². The zero-order valence-corrected chi connectivity index (χ0v) is 9.23. The molecular weight excluding hydrogens is 202 g/mol. The van der Waals surface area contributed by atoms with Crippen molar-refractivity contribution in [2.24, 2.45) is 0 Å². The van der Waals surface area contributed by atoms with E-state index in [1.165, 1.54) is 0 Å². The monoisotopic (exact) mass is 217 g/mol. The number of carboxylic acid groups (broad SMARTS) is 1. The Bertz CT molecular complexity index is 407. The molecule has 1 aromatic rings. The van der Waals surface area contributed by atoms with E-state index in [9.17, 15) is 4.79 Å². The molecule has 0 aliphatic rings. The molecule has 0 saturated carbocycles. The minimum Gasteiger partial charge on any atom is -0.478 e. The van der Waals surface area contributed by atoms with Gasteiger partial charge in [0.2, 0.25) is 0 Å². The first-order valence-electron chi connectivity index (χ1n) is 5.19. The molecule has 0 spiro atoms. The van der Waals surface area contributed by atoms with E-state index in [1.807, 2.05) is 13.0 Å². The van der Waals surface area contributed by atoms with Gasteiger partial charge in [-0.1, -0.05) is 31.0 Å². The molecule has 0 aliphatic heterocycles. The number of rotatable bonds is 5. The summed E-state index contributed by atoms with van der Waals surface area (Å²) in [7, 11) is 0. The molecule has 1 unspecified atom stereocenters. The Labute approximate surface area is 95.5 Å². The van der Waals surface area contributed by atoms with Crippen molar-refractivity contribution in [3.63, 3.8) is 0 Å². The van der Waals surface area contributed by atoms with Crippen molar-refractivity contribution in [2.75, 3.05) is 0 Å². The smallest absolute Gasteiger partial charge is 0.336 e. The van der Waals surface area contributed by atoms with Gasteiger partial charge in [-0.05, 0) is 18.1 Å². The van der Waals surface area contributed by atoms with Crippen LogP contribution in [0.4, 0.5) is 0 Å². The lowest BCUT2D eigenvalue weighted by Crippen LogP contribution is -2.26. The lowest BCUT2D eigenvalue weighted by Gasteiger charge is -2.11. The number of carbonyl (C=O) groups is 1. The highest BCUT2D eigenvalue weighted by Crippen LogP contribution is 2.08. The molecule has 3 nitrogen and oxygen atoms in total. The summed E-state index contributed by atoms with van der Waals surface area (Å²) in [6.45, 7) is 2.46. The van der Waals surface area contributed by atoms with Gasteiger partial charge in [-0.2, -0.15) is 0 Å². The van der Waals surface area contributed by atoms with E-state index in [-0.39, 0.29) is 6.04 Å². The summed E-state index contributed by atoms with van der Waals surface area (Å²) in [6.07, 6.45) is 6.14. The normalized spacial score (nSPS) is 11.8. The second-order valence-corrected chi connectivity index (χ2v) is 3.47. The van der Waals surface area contributed by atoms with Gasteiger partial charge in [-0.15, -0.1) is 6.42 Å². The summed E-state index contributed by atoms with van der Waals surface area (Å²) in [5.41, 5.74) is 1.07. The summed E-state index contributed by atoms with van der Waals surface area (Å²) < 4.78 is 0. The van der Waals surface area contributed by atoms with Crippen molar-refractivity contribution < 1.29 is 9.90 Å². The van der Waals surface area contributed by atoms with Crippen molar-refractivity contribution in [2.45, 2.75) is 25.9 Å². The molecule has 1 atom stereocenters. The lowest BCUT2D eigenvalue weighted by molar-refractivity contribution is 0.0695. The van der Waals surface area contributed by atoms with Crippen molar-refractivity contribution in [1.29, 1.82) is 0 Å². The predicted molar refractivity (Wildman–Crippen MR) is 63.2 cm³/mol. The summed E-state index contributed by atoms with van der Waals surface area (Å²) in [5.74, 6) is 1.70. The Morgan fingerprint density at radius 1 is 1.56 bits per heavy atom. The van der Waals surface area contributed by atoms with Gasteiger partial charge in [0.1, 0.15) is 0 Å². The third kappa shape index (κ3) is 3.11. The van der Waals surface area contributed by atoms with Crippen LogP contribution in [0.15, 0.2) is 24.3 Å². The summed E-state index contributed by atoms with van der Waals surface area (Å²) >= 11 is 0. The van der Waals surface area contributed by atoms with Crippen LogP contribution >= 0.6 is 0 Å². The third-order valence-electron chi connectivity index (χ3n) is 2.40. The molecule has 84 valence electrons. The van der Waals surface area contributed by atoms with Gasteiger partial charge in [-0.25, -0.2) is 4.79 Å². The second kappa shape index (κ2) is 5.94. The van der Waals surface area contributed by atoms with Crippen LogP contribution in [-0.4, -0.2) is 17.1 Å². The van der Waals surface area contributed by atoms with Crippen LogP contribution in [0.25, 0.3) is 0 Å². The summed E-state index contributed by atoms with van der Waals surface area (Å²) in [5, 5.41) is 12.1. The number of hydrogen-bond acceptors (Lipinski definition) is 2. The Kier molecular flexibility index (Phi) is 4.56. The van der Waals surface area contributed by atoms with E-state index in [2.05, 4.69) is 11.2 Å². The molecule has 1 rings (SSSR count). The Hall–Kier alpha value is -1.79. The number of carboxylic acids is 1. The van der Waals surface area contributed by atoms with Gasteiger partial charge < -0.3 is 5.11 Å². The predicted octanol–water partition coefficient (Wildman–Crippen LogP) is 1.89. The van der Waals surface area contributed by atoms with Crippen LogP contribution in [0.1, 0.15) is 29.3 Å². The topological polar surface area (TPSA) is 49.3 Å². The third-order valence-corrected chi connectivity index (χ3v) is 2.40. The van der Waals surface area contributed by atoms with E-state index in [0.29, 0.717) is 12.1 Å². The molecule has 0 saturated heterocycles. The molecule has 0 aliphatic carbocycles. The molecule has 0 bridgehead atoms. The molecule has 0 fully saturated rings. The van der Waals surface area contributed by atoms with Gasteiger partial charge in [0.15, 0.2) is 0 Å². The van der Waals surface area contributed by atoms with Crippen LogP contribution in [0.5, 0.6) is 0 Å². The molecule has 0 amide bonds. The molecule has 0 radical (unpaired) electrons. The van der Waals surface area contributed by atoms with E-state index in [4.69, 9.17) is 11.5 Å². The van der Waals surface area contributed by atoms with Gasteiger partial charge >= 0.3 is 5.97 Å². The average molecular weight is 217 g/mol. The van der Waals surface area contributed by atoms with Gasteiger partial charge in [0.05, 0.1) is 11.6 Å². The molecular formula is C13H15NO2. The van der Waals surface area contributed by atoms with Gasteiger partial charge in [0.25, 0.3) is 0 Å². The lowest BCUT2D eigenvalue weighted by atomic mass is 10.1. The fourth-order valence-corrected chi connectivity index (χ4v) is 1.44. The van der Waals surface area contributed by atoms with E-state index < -0.39 is 5.97 Å². The van der Waals surface area contributed by atoms with E-state index >= 15 is 0 Å². The van der Waals surface area contributed by atoms with Crippen LogP contribution < -0.4 is 5.32 Å². The minimum absolute atomic E-state index is 0.0122. The number of terminal acetylenes is 1. The zero-order chi connectivity index (χ0) is 12.0. The van der Waals surface area contributed by atoms with Crippen LogP contribution in [0, 0.1) is 12.3 Å². The zero-order valence-electron chi connectivity index (χ0n) is 9.23. The molecule has 2 N–H and O–H groups in total. The quantitative estimate of drug-likeness (QED) is 0.740. The molecule has 16 heavy (non-hydrogen) atoms. The Morgan fingerprint density at radius 2 is 2.25 bits per heavy atom. The maximum Gasteiger partial charge on any atom is 0.336 e. The fourth-order valence-electron chi connectivity index (χ4n) is 1.44. The first-order chi connectivity index (χ1) is 7.69. The first kappa shape index (κ1) is 12.3. The van der Waals surface area contributed by atoms with E-state index in [1.54, 1.807) is 18.2 Å². The van der Waals surface area contributed by atoms with Crippen molar-refractivity contribution in [3.8, 4) is 12.3 Å². The summed E-state index contributed by atoms with van der Waals surface area (Å²) in [6, 6.07) is 6.91. The van der Waals surface area contributed by atoms with Crippen molar-refractivity contribution >= 4 is 5.97 Å². The first-order valence-corrected chi connectivity index (χ1v) is 5.19. The highest BCUT2D eigenvalue weighted by Gasteiger charge is 2.09. The highest BCUT2D eigenvalue weighted by atomic mass is 16.4. The Balaban J connectivity index is 2.74. The SMILES string of the molecule is C#CC(CC)NCc1ccccc1C(=O)O. The number of hydrogen-bond donors (Lipinski definition) is 2. The van der Waals surface area contributed by atoms with Gasteiger partial charge in [0, 0.05) is 6.54 Å². The maximum atomic E-state index is 10.9. The summed E-state index contributed by atoms with van der Waals surface area (Å²) in [4.78, 5) is 10.9. The standard InChI is InChI=1S/C13H15NO2/c1-3-11(4-2)14-9-10-7-5-6-8-12(10)13(15)16/h1,5-8,11,14H,4,9H2,2H3,(H,15,16). The number of aromatic carboxylic acids is 1. The van der Waals surface area contributed by atoms with Crippen LogP contribution in [0.2, 0.25) is 0 Å². The minimum atomic E-state index is -0.911. The van der Waals surface area contributed by atoms with Crippen LogP contribution in [-0.2, 0) is 6.54 Å². The second-order valence-electron chi connectivity index (χ2n) is 3.47. The molecule has 3 heteroatoms. The molecule has 0 aromatic heterocycles. The molecule has 0 heterocycles. The maximum absolute atomic E-state index is 10.9. The van der Waals surface area contributed by atoms with Crippen LogP contribution in [0.3, 0.4) is 0 Å². The largest absolute Gasteiger partial charge is 0.478 e. The number of benzene rings is 1. The highest BCUT2D eigenvalue weighted by molar-refractivity contribution is 5.89.